The molecule has 1 aromatic heterocycles. The van der Waals surface area contributed by atoms with E-state index in [-0.39, 0.29) is 16.8 Å². The van der Waals surface area contributed by atoms with Crippen molar-refractivity contribution in [1.82, 2.24) is 0 Å². The van der Waals surface area contributed by atoms with Gasteiger partial charge in [0.2, 0.25) is 5.76 Å². The fraction of sp³-hybridized carbons (Fsp3) is 0.241. The molecule has 5 rings (SSSR count). The monoisotopic (exact) mass is 471 g/mol. The van der Waals surface area contributed by atoms with E-state index in [0.29, 0.717) is 34.6 Å². The molecule has 6 heteroatoms. The zero-order chi connectivity index (χ0) is 24.7. The summed E-state index contributed by atoms with van der Waals surface area (Å²) in [5.41, 5.74) is 3.53. The summed E-state index contributed by atoms with van der Waals surface area (Å²) in [5.74, 6) is -0.178. The number of amides is 1. The first kappa shape index (κ1) is 22.8. The second-order valence-electron chi connectivity index (χ2n) is 8.94. The number of unbranched alkanes of at least 4 members (excludes halogenated alkanes) is 1. The zero-order valence-electron chi connectivity index (χ0n) is 19.9. The number of rotatable bonds is 6. The van der Waals surface area contributed by atoms with Crippen molar-refractivity contribution >= 4 is 22.6 Å². The van der Waals surface area contributed by atoms with Gasteiger partial charge in [0.15, 0.2) is 5.43 Å². The van der Waals surface area contributed by atoms with Gasteiger partial charge in [-0.15, -0.1) is 0 Å². The summed E-state index contributed by atoms with van der Waals surface area (Å²) < 4.78 is 25.7. The quantitative estimate of drug-likeness (QED) is 0.302. The molecule has 2 heterocycles. The minimum absolute atomic E-state index is 0.0115. The van der Waals surface area contributed by atoms with Crippen LogP contribution in [0.1, 0.15) is 58.6 Å². The van der Waals surface area contributed by atoms with Crippen molar-refractivity contribution in [2.24, 2.45) is 0 Å². The van der Waals surface area contributed by atoms with Crippen molar-refractivity contribution in [3.05, 3.63) is 105 Å². The first-order valence-electron chi connectivity index (χ1n) is 11.8. The van der Waals surface area contributed by atoms with Crippen LogP contribution in [0, 0.1) is 19.7 Å². The third-order valence-corrected chi connectivity index (χ3v) is 6.53. The van der Waals surface area contributed by atoms with Gasteiger partial charge in [-0.05, 0) is 85.5 Å². The van der Waals surface area contributed by atoms with Crippen LogP contribution < -0.4 is 15.1 Å². The molecule has 35 heavy (non-hydrogen) atoms. The lowest BCUT2D eigenvalue weighted by atomic mass is 9.97. The van der Waals surface area contributed by atoms with Crippen LogP contribution in [0.25, 0.3) is 11.0 Å². The van der Waals surface area contributed by atoms with Crippen molar-refractivity contribution in [3.8, 4) is 5.75 Å². The molecular weight excluding hydrogens is 445 g/mol. The van der Waals surface area contributed by atoms with Crippen molar-refractivity contribution < 1.29 is 18.3 Å². The Morgan fingerprint density at radius 2 is 1.74 bits per heavy atom. The second kappa shape index (κ2) is 9.02. The van der Waals surface area contributed by atoms with Crippen LogP contribution >= 0.6 is 0 Å². The molecular formula is C29H26FNO4. The average Bonchev–Trinajstić information content (AvgIpc) is 3.14. The van der Waals surface area contributed by atoms with E-state index in [1.54, 1.807) is 6.07 Å². The standard InChI is InChI=1S/C29H26FNO4/c1-4-5-13-34-22-8-6-7-19(16-22)26-25-27(32)23-14-17(2)18(3)15-24(23)35-28(25)29(33)31(26)21-11-9-20(30)10-12-21/h6-12,14-16,26H,4-5,13H2,1-3H3. The lowest BCUT2D eigenvalue weighted by Gasteiger charge is -2.25. The summed E-state index contributed by atoms with van der Waals surface area (Å²) in [5, 5.41) is 0.431. The summed E-state index contributed by atoms with van der Waals surface area (Å²) in [6.07, 6.45) is 1.93. The molecule has 1 unspecified atom stereocenters. The number of ether oxygens (including phenoxy) is 1. The van der Waals surface area contributed by atoms with Crippen LogP contribution in [-0.4, -0.2) is 12.5 Å². The normalized spacial score (nSPS) is 15.0. The maximum Gasteiger partial charge on any atom is 0.295 e. The third-order valence-electron chi connectivity index (χ3n) is 6.53. The van der Waals surface area contributed by atoms with Gasteiger partial charge in [-0.3, -0.25) is 14.5 Å². The lowest BCUT2D eigenvalue weighted by Crippen LogP contribution is -2.29. The molecule has 0 spiro atoms. The SMILES string of the molecule is CCCCOc1cccc(C2c3c(oc4cc(C)c(C)cc4c3=O)C(=O)N2c2ccc(F)cc2)c1. The van der Waals surface area contributed by atoms with E-state index in [2.05, 4.69) is 6.92 Å². The highest BCUT2D eigenvalue weighted by molar-refractivity contribution is 6.10. The van der Waals surface area contributed by atoms with E-state index in [9.17, 15) is 14.0 Å². The van der Waals surface area contributed by atoms with Crippen LogP contribution in [0.5, 0.6) is 5.75 Å². The van der Waals surface area contributed by atoms with Gasteiger partial charge in [0.25, 0.3) is 5.91 Å². The first-order chi connectivity index (χ1) is 16.9. The molecule has 1 amide bonds. The Morgan fingerprint density at radius 1 is 1.00 bits per heavy atom. The number of fused-ring (bicyclic) bond motifs is 2. The van der Waals surface area contributed by atoms with Crippen molar-refractivity contribution in [1.29, 1.82) is 0 Å². The molecule has 178 valence electrons. The van der Waals surface area contributed by atoms with Gasteiger partial charge < -0.3 is 9.15 Å². The molecule has 1 atom stereocenters. The van der Waals surface area contributed by atoms with Crippen molar-refractivity contribution in [2.75, 3.05) is 11.5 Å². The number of nitrogens with zero attached hydrogens (tertiary/aromatic N) is 1. The van der Waals surface area contributed by atoms with E-state index in [1.807, 2.05) is 44.2 Å². The molecule has 0 fully saturated rings. The minimum atomic E-state index is -0.736. The van der Waals surface area contributed by atoms with Crippen LogP contribution in [-0.2, 0) is 0 Å². The molecule has 0 N–H and O–H groups in total. The molecule has 0 saturated heterocycles. The molecule has 0 saturated carbocycles. The second-order valence-corrected chi connectivity index (χ2v) is 8.94. The van der Waals surface area contributed by atoms with Crippen LogP contribution in [0.2, 0.25) is 0 Å². The summed E-state index contributed by atoms with van der Waals surface area (Å²) >= 11 is 0. The topological polar surface area (TPSA) is 59.8 Å². The third kappa shape index (κ3) is 3.99. The van der Waals surface area contributed by atoms with Gasteiger partial charge >= 0.3 is 0 Å². The maximum atomic E-state index is 13.8. The fourth-order valence-corrected chi connectivity index (χ4v) is 4.52. The van der Waals surface area contributed by atoms with E-state index < -0.39 is 17.8 Å². The first-order valence-corrected chi connectivity index (χ1v) is 11.8. The number of carbonyl (C=O) groups excluding carboxylic acids is 1. The zero-order valence-corrected chi connectivity index (χ0v) is 19.9. The van der Waals surface area contributed by atoms with Gasteiger partial charge in [0, 0.05) is 5.69 Å². The number of halogens is 1. The fourth-order valence-electron chi connectivity index (χ4n) is 4.52. The highest BCUT2D eigenvalue weighted by Gasteiger charge is 2.43. The number of carbonyl (C=O) groups is 1. The molecule has 4 aromatic rings. The van der Waals surface area contributed by atoms with Crippen LogP contribution in [0.4, 0.5) is 10.1 Å². The largest absolute Gasteiger partial charge is 0.494 e. The average molecular weight is 472 g/mol. The number of hydrogen-bond acceptors (Lipinski definition) is 4. The molecule has 0 aliphatic carbocycles. The summed E-state index contributed by atoms with van der Waals surface area (Å²) in [6.45, 7) is 6.54. The molecule has 1 aliphatic rings. The Hall–Kier alpha value is -3.93. The van der Waals surface area contributed by atoms with E-state index in [1.165, 1.54) is 29.2 Å². The predicted molar refractivity (Wildman–Crippen MR) is 134 cm³/mol. The Morgan fingerprint density at radius 3 is 2.49 bits per heavy atom. The number of aryl methyl sites for hydroxylation is 2. The summed E-state index contributed by atoms with van der Waals surface area (Å²) in [7, 11) is 0. The minimum Gasteiger partial charge on any atom is -0.494 e. The number of anilines is 1. The van der Waals surface area contributed by atoms with E-state index in [0.717, 1.165) is 24.0 Å². The molecule has 3 aromatic carbocycles. The molecule has 0 radical (unpaired) electrons. The van der Waals surface area contributed by atoms with Crippen molar-refractivity contribution in [2.45, 2.75) is 39.7 Å². The van der Waals surface area contributed by atoms with Crippen molar-refractivity contribution in [3.63, 3.8) is 0 Å². The molecule has 0 bridgehead atoms. The predicted octanol–water partition coefficient (Wildman–Crippen LogP) is 6.48. The smallest absolute Gasteiger partial charge is 0.295 e. The van der Waals surface area contributed by atoms with E-state index >= 15 is 0 Å². The Kier molecular flexibility index (Phi) is 5.89. The van der Waals surface area contributed by atoms with Gasteiger partial charge in [-0.25, -0.2) is 4.39 Å². The Balaban J connectivity index is 1.73. The van der Waals surface area contributed by atoms with Crippen LogP contribution in [0.3, 0.4) is 0 Å². The van der Waals surface area contributed by atoms with Crippen LogP contribution in [0.15, 0.2) is 69.9 Å². The highest BCUT2D eigenvalue weighted by Crippen LogP contribution is 2.42. The lowest BCUT2D eigenvalue weighted by molar-refractivity contribution is 0.0971. The Labute approximate surface area is 202 Å². The van der Waals surface area contributed by atoms with E-state index in [4.69, 9.17) is 9.15 Å². The highest BCUT2D eigenvalue weighted by atomic mass is 19.1. The maximum absolute atomic E-state index is 13.8. The summed E-state index contributed by atoms with van der Waals surface area (Å²) in [4.78, 5) is 29.0. The number of hydrogen-bond donors (Lipinski definition) is 0. The molecule has 1 aliphatic heterocycles. The van der Waals surface area contributed by atoms with Gasteiger partial charge in [0.1, 0.15) is 17.1 Å². The molecule has 5 nitrogen and oxygen atoms in total. The number of benzene rings is 3. The van der Waals surface area contributed by atoms with Gasteiger partial charge in [-0.2, -0.15) is 0 Å². The summed E-state index contributed by atoms with van der Waals surface area (Å²) in [6, 6.07) is 15.9. The van der Waals surface area contributed by atoms with Gasteiger partial charge in [-0.1, -0.05) is 25.5 Å². The van der Waals surface area contributed by atoms with Gasteiger partial charge in [0.05, 0.1) is 23.6 Å². The Bertz CT molecular complexity index is 1490.